The first-order valence-corrected chi connectivity index (χ1v) is 4.58. The van der Waals surface area contributed by atoms with Gasteiger partial charge in [0.05, 0.1) is 12.2 Å². The van der Waals surface area contributed by atoms with Crippen LogP contribution < -0.4 is 5.32 Å². The summed E-state index contributed by atoms with van der Waals surface area (Å²) >= 11 is 0. The Bertz CT molecular complexity index is 352. The summed E-state index contributed by atoms with van der Waals surface area (Å²) in [5.74, 6) is 0.0955. The Morgan fingerprint density at radius 2 is 2.36 bits per heavy atom. The fourth-order valence-electron chi connectivity index (χ4n) is 1.65. The summed E-state index contributed by atoms with van der Waals surface area (Å²) in [5.41, 5.74) is 0.409. The fraction of sp³-hybridized carbons (Fsp3) is 0.400. The van der Waals surface area contributed by atoms with Crippen LogP contribution in [0.3, 0.4) is 0 Å². The topological polar surface area (TPSA) is 45.2 Å². The van der Waals surface area contributed by atoms with E-state index in [1.807, 2.05) is 25.1 Å². The Labute approximate surface area is 82.9 Å². The van der Waals surface area contributed by atoms with Crippen molar-refractivity contribution >= 4 is 5.91 Å². The van der Waals surface area contributed by atoms with Crippen molar-refractivity contribution in [3.8, 4) is 0 Å². The van der Waals surface area contributed by atoms with Crippen LogP contribution in [-0.2, 0) is 10.5 Å². The minimum Gasteiger partial charge on any atom is -0.321 e. The number of likely N-dealkylation sites (N-methyl/N-ethyl adjacent to an activating group) is 1. The molecule has 1 N–H and O–H groups in total. The van der Waals surface area contributed by atoms with Crippen LogP contribution in [0.15, 0.2) is 24.4 Å². The van der Waals surface area contributed by atoms with Crippen molar-refractivity contribution in [2.24, 2.45) is 0 Å². The van der Waals surface area contributed by atoms with E-state index in [2.05, 4.69) is 10.3 Å². The molecule has 0 radical (unpaired) electrons. The normalized spacial score (nSPS) is 27.0. The molecule has 4 heteroatoms. The lowest BCUT2D eigenvalue weighted by Crippen LogP contribution is -2.45. The van der Waals surface area contributed by atoms with Gasteiger partial charge in [-0.3, -0.25) is 15.1 Å². The molecule has 1 amide bonds. The number of aromatic nitrogens is 1. The molecular weight excluding hydrogens is 178 g/mol. The van der Waals surface area contributed by atoms with Gasteiger partial charge in [0, 0.05) is 13.2 Å². The van der Waals surface area contributed by atoms with Crippen LogP contribution in [0.25, 0.3) is 0 Å². The molecule has 0 bridgehead atoms. The van der Waals surface area contributed by atoms with Gasteiger partial charge in [0.1, 0.15) is 5.66 Å². The summed E-state index contributed by atoms with van der Waals surface area (Å²) in [5, 5.41) is 3.16. The number of rotatable bonds is 1. The van der Waals surface area contributed by atoms with Crippen LogP contribution in [0.4, 0.5) is 0 Å². The van der Waals surface area contributed by atoms with E-state index in [0.29, 0.717) is 6.54 Å². The molecule has 0 saturated carbocycles. The van der Waals surface area contributed by atoms with Crippen LogP contribution in [0.1, 0.15) is 12.6 Å². The Kier molecular flexibility index (Phi) is 2.00. The number of pyridine rings is 1. The lowest BCUT2D eigenvalue weighted by molar-refractivity contribution is -0.128. The van der Waals surface area contributed by atoms with Gasteiger partial charge in [0.2, 0.25) is 5.91 Å². The summed E-state index contributed by atoms with van der Waals surface area (Å²) in [6.45, 7) is 2.34. The molecule has 14 heavy (non-hydrogen) atoms. The number of carbonyl (C=O) groups is 1. The Hall–Kier alpha value is -1.42. The summed E-state index contributed by atoms with van der Waals surface area (Å²) in [4.78, 5) is 17.3. The third-order valence-corrected chi connectivity index (χ3v) is 2.79. The average molecular weight is 191 g/mol. The lowest BCUT2D eigenvalue weighted by atomic mass is 10.1. The quantitative estimate of drug-likeness (QED) is 0.695. The largest absolute Gasteiger partial charge is 0.321 e. The summed E-state index contributed by atoms with van der Waals surface area (Å²) in [7, 11) is 1.79. The van der Waals surface area contributed by atoms with Crippen LogP contribution >= 0.6 is 0 Å². The van der Waals surface area contributed by atoms with Gasteiger partial charge in [-0.25, -0.2) is 0 Å². The number of amides is 1. The molecule has 0 aliphatic carbocycles. The Morgan fingerprint density at radius 3 is 2.86 bits per heavy atom. The van der Waals surface area contributed by atoms with Gasteiger partial charge >= 0.3 is 0 Å². The molecule has 1 aliphatic rings. The highest BCUT2D eigenvalue weighted by Gasteiger charge is 2.40. The first kappa shape index (κ1) is 9.15. The third-order valence-electron chi connectivity index (χ3n) is 2.79. The molecule has 4 nitrogen and oxygen atoms in total. The van der Waals surface area contributed by atoms with E-state index in [9.17, 15) is 4.79 Å². The van der Waals surface area contributed by atoms with E-state index in [1.165, 1.54) is 0 Å². The fourth-order valence-corrected chi connectivity index (χ4v) is 1.65. The smallest absolute Gasteiger partial charge is 0.238 e. The molecular formula is C10H13N3O. The first-order valence-electron chi connectivity index (χ1n) is 4.58. The minimum absolute atomic E-state index is 0.0955. The van der Waals surface area contributed by atoms with Crippen molar-refractivity contribution in [3.63, 3.8) is 0 Å². The zero-order valence-electron chi connectivity index (χ0n) is 8.32. The molecule has 1 fully saturated rings. The maximum Gasteiger partial charge on any atom is 0.238 e. The van der Waals surface area contributed by atoms with Gasteiger partial charge < -0.3 is 4.90 Å². The molecule has 1 atom stereocenters. The highest BCUT2D eigenvalue weighted by molar-refractivity contribution is 5.81. The number of hydrogen-bond acceptors (Lipinski definition) is 3. The monoisotopic (exact) mass is 191 g/mol. The van der Waals surface area contributed by atoms with E-state index in [-0.39, 0.29) is 5.91 Å². The Balaban J connectivity index is 2.39. The molecule has 2 rings (SSSR count). The molecule has 1 aromatic heterocycles. The summed E-state index contributed by atoms with van der Waals surface area (Å²) in [6, 6.07) is 5.71. The second-order valence-corrected chi connectivity index (χ2v) is 3.59. The summed E-state index contributed by atoms with van der Waals surface area (Å²) in [6.07, 6.45) is 1.74. The van der Waals surface area contributed by atoms with Crippen molar-refractivity contribution < 1.29 is 4.79 Å². The van der Waals surface area contributed by atoms with Gasteiger partial charge in [0.25, 0.3) is 0 Å². The van der Waals surface area contributed by atoms with Crippen molar-refractivity contribution in [1.29, 1.82) is 0 Å². The number of nitrogens with zero attached hydrogens (tertiary/aromatic N) is 2. The highest BCUT2D eigenvalue weighted by atomic mass is 16.2. The van der Waals surface area contributed by atoms with Gasteiger partial charge in [-0.2, -0.15) is 0 Å². The van der Waals surface area contributed by atoms with Crippen molar-refractivity contribution in [2.45, 2.75) is 12.6 Å². The van der Waals surface area contributed by atoms with Crippen LogP contribution in [0.5, 0.6) is 0 Å². The molecule has 0 aromatic carbocycles. The van der Waals surface area contributed by atoms with E-state index >= 15 is 0 Å². The van der Waals surface area contributed by atoms with Gasteiger partial charge in [-0.05, 0) is 19.1 Å². The standard InChI is InChI=1S/C10H13N3O/c1-10(8-5-3-4-6-11-8)12-7-9(14)13(10)2/h3-6,12H,7H2,1-2H3. The highest BCUT2D eigenvalue weighted by Crippen LogP contribution is 2.25. The maximum atomic E-state index is 11.4. The van der Waals surface area contributed by atoms with Crippen molar-refractivity contribution in [2.75, 3.05) is 13.6 Å². The predicted octanol–water partition coefficient (Wildman–Crippen LogP) is 0.316. The van der Waals surface area contributed by atoms with Crippen molar-refractivity contribution in [1.82, 2.24) is 15.2 Å². The van der Waals surface area contributed by atoms with Crippen molar-refractivity contribution in [3.05, 3.63) is 30.1 Å². The lowest BCUT2D eigenvalue weighted by Gasteiger charge is -2.31. The summed E-state index contributed by atoms with van der Waals surface area (Å²) < 4.78 is 0. The predicted molar refractivity (Wildman–Crippen MR) is 52.4 cm³/mol. The SMILES string of the molecule is CN1C(=O)CNC1(C)c1ccccn1. The zero-order valence-corrected chi connectivity index (χ0v) is 8.32. The van der Waals surface area contributed by atoms with Crippen LogP contribution in [-0.4, -0.2) is 29.4 Å². The van der Waals surface area contributed by atoms with Crippen LogP contribution in [0.2, 0.25) is 0 Å². The molecule has 1 aromatic rings. The first-order chi connectivity index (χ1) is 6.64. The second-order valence-electron chi connectivity index (χ2n) is 3.59. The van der Waals surface area contributed by atoms with E-state index < -0.39 is 5.66 Å². The minimum atomic E-state index is -0.460. The number of carbonyl (C=O) groups excluding carboxylic acids is 1. The molecule has 0 spiro atoms. The molecule has 74 valence electrons. The van der Waals surface area contributed by atoms with Gasteiger partial charge in [-0.1, -0.05) is 6.07 Å². The molecule has 1 saturated heterocycles. The number of nitrogens with one attached hydrogen (secondary N) is 1. The number of hydrogen-bond donors (Lipinski definition) is 1. The molecule has 2 heterocycles. The molecule has 1 aliphatic heterocycles. The molecule has 1 unspecified atom stereocenters. The Morgan fingerprint density at radius 1 is 1.57 bits per heavy atom. The van der Waals surface area contributed by atoms with E-state index in [0.717, 1.165) is 5.69 Å². The average Bonchev–Trinajstić information content (AvgIpc) is 2.49. The maximum absolute atomic E-state index is 11.4. The van der Waals surface area contributed by atoms with Gasteiger partial charge in [0.15, 0.2) is 0 Å². The van der Waals surface area contributed by atoms with Gasteiger partial charge in [-0.15, -0.1) is 0 Å². The van der Waals surface area contributed by atoms with E-state index in [4.69, 9.17) is 0 Å². The van der Waals surface area contributed by atoms with Crippen LogP contribution in [0, 0.1) is 0 Å². The zero-order chi connectivity index (χ0) is 10.2. The second kappa shape index (κ2) is 3.06. The third kappa shape index (κ3) is 1.19. The van der Waals surface area contributed by atoms with E-state index in [1.54, 1.807) is 18.1 Å².